The van der Waals surface area contributed by atoms with Crippen molar-refractivity contribution in [2.75, 3.05) is 19.9 Å². The first-order chi connectivity index (χ1) is 13.6. The summed E-state index contributed by atoms with van der Waals surface area (Å²) >= 11 is 0. The summed E-state index contributed by atoms with van der Waals surface area (Å²) < 4.78 is 10.6. The number of hydrogen-bond donors (Lipinski definition) is 0. The molecular weight excluding hydrogens is 360 g/mol. The molecule has 3 aliphatic heterocycles. The average molecular weight is 380 g/mol. The number of allylic oxidation sites excluding steroid dienone is 2. The van der Waals surface area contributed by atoms with Crippen LogP contribution in [0.25, 0.3) is 6.08 Å². The number of imide groups is 1. The third kappa shape index (κ3) is 2.69. The number of amides is 3. The van der Waals surface area contributed by atoms with Gasteiger partial charge in [0.05, 0.1) is 17.9 Å². The molecule has 2 atom stereocenters. The molecule has 1 aromatic rings. The molecule has 0 N–H and O–H groups in total. The Bertz CT molecular complexity index is 889. The van der Waals surface area contributed by atoms with Crippen LogP contribution in [0.4, 0.5) is 0 Å². The lowest BCUT2D eigenvalue weighted by molar-refractivity contribution is -0.151. The Morgan fingerprint density at radius 2 is 1.68 bits per heavy atom. The summed E-state index contributed by atoms with van der Waals surface area (Å²) in [4.78, 5) is 40.6. The molecule has 7 heteroatoms. The lowest BCUT2D eigenvalue weighted by atomic mass is 9.85. The van der Waals surface area contributed by atoms with Crippen molar-refractivity contribution in [3.8, 4) is 11.5 Å². The molecule has 4 aliphatic rings. The molecule has 0 saturated carbocycles. The molecule has 0 bridgehead atoms. The third-order valence-corrected chi connectivity index (χ3v) is 5.90. The van der Waals surface area contributed by atoms with E-state index in [9.17, 15) is 14.4 Å². The van der Waals surface area contributed by atoms with Gasteiger partial charge in [-0.2, -0.15) is 0 Å². The second-order valence-corrected chi connectivity index (χ2v) is 7.55. The molecule has 2 fully saturated rings. The van der Waals surface area contributed by atoms with Crippen molar-refractivity contribution >= 4 is 23.8 Å². The van der Waals surface area contributed by atoms with Crippen LogP contribution in [0, 0.1) is 11.8 Å². The first-order valence-corrected chi connectivity index (χ1v) is 9.50. The smallest absolute Gasteiger partial charge is 0.246 e. The van der Waals surface area contributed by atoms with E-state index >= 15 is 0 Å². The molecule has 1 aromatic carbocycles. The fourth-order valence-electron chi connectivity index (χ4n) is 4.27. The Labute approximate surface area is 162 Å². The van der Waals surface area contributed by atoms with Crippen molar-refractivity contribution in [2.24, 2.45) is 11.8 Å². The molecule has 2 saturated heterocycles. The molecule has 5 rings (SSSR count). The molecule has 3 amide bonds. The fraction of sp³-hybridized carbons (Fsp3) is 0.381. The predicted molar refractivity (Wildman–Crippen MR) is 99.2 cm³/mol. The number of fused-ring (bicyclic) bond motifs is 2. The van der Waals surface area contributed by atoms with Crippen molar-refractivity contribution in [3.05, 3.63) is 42.0 Å². The highest BCUT2D eigenvalue weighted by molar-refractivity contribution is 6.06. The Hall–Kier alpha value is -3.09. The summed E-state index contributed by atoms with van der Waals surface area (Å²) in [7, 11) is 0. The molecule has 1 aliphatic carbocycles. The summed E-state index contributed by atoms with van der Waals surface area (Å²) in [5, 5.41) is 0. The van der Waals surface area contributed by atoms with E-state index in [-0.39, 0.29) is 42.4 Å². The number of likely N-dealkylation sites (tertiary alicyclic amines) is 2. The van der Waals surface area contributed by atoms with Gasteiger partial charge in [0.15, 0.2) is 11.5 Å². The number of nitrogens with zero attached hydrogens (tertiary/aromatic N) is 2. The van der Waals surface area contributed by atoms with Crippen LogP contribution >= 0.6 is 0 Å². The molecule has 144 valence electrons. The minimum Gasteiger partial charge on any atom is -0.454 e. The zero-order valence-corrected chi connectivity index (χ0v) is 15.2. The Morgan fingerprint density at radius 3 is 2.39 bits per heavy atom. The average Bonchev–Trinajstić information content (AvgIpc) is 3.23. The number of carbonyl (C=O) groups is 3. The molecule has 0 aromatic heterocycles. The van der Waals surface area contributed by atoms with Gasteiger partial charge in [0, 0.05) is 19.2 Å². The van der Waals surface area contributed by atoms with Crippen molar-refractivity contribution in [3.63, 3.8) is 0 Å². The third-order valence-electron chi connectivity index (χ3n) is 5.90. The number of carbonyl (C=O) groups excluding carboxylic acids is 3. The highest BCUT2D eigenvalue weighted by atomic mass is 16.7. The maximum Gasteiger partial charge on any atom is 0.246 e. The molecule has 28 heavy (non-hydrogen) atoms. The van der Waals surface area contributed by atoms with Gasteiger partial charge in [-0.05, 0) is 36.6 Å². The summed E-state index contributed by atoms with van der Waals surface area (Å²) in [6, 6.07) is 5.29. The van der Waals surface area contributed by atoms with Crippen LogP contribution in [0.15, 0.2) is 36.4 Å². The summed E-state index contributed by atoms with van der Waals surface area (Å²) in [5.74, 6) is 0.651. The standard InChI is InChI=1S/C21H20N2O5/c24-19(8-6-13-5-7-17-18(9-13)28-12-27-17)22-10-14(11-22)23-20(25)15-3-1-2-4-16(15)21(23)26/h1-2,5-9,14-16H,3-4,10-12H2/b8-6+/t15-,16-/m0/s1. The highest BCUT2D eigenvalue weighted by Gasteiger charge is 2.52. The molecule has 0 radical (unpaired) electrons. The van der Waals surface area contributed by atoms with Crippen LogP contribution in [-0.4, -0.2) is 53.4 Å². The monoisotopic (exact) mass is 380 g/mol. The van der Waals surface area contributed by atoms with Gasteiger partial charge in [-0.25, -0.2) is 0 Å². The molecular formula is C21H20N2O5. The van der Waals surface area contributed by atoms with Gasteiger partial charge in [0.1, 0.15) is 0 Å². The van der Waals surface area contributed by atoms with Crippen LogP contribution in [0.3, 0.4) is 0 Å². The molecule has 3 heterocycles. The van der Waals surface area contributed by atoms with E-state index < -0.39 is 0 Å². The zero-order valence-electron chi connectivity index (χ0n) is 15.2. The van der Waals surface area contributed by atoms with Gasteiger partial charge >= 0.3 is 0 Å². The highest BCUT2D eigenvalue weighted by Crippen LogP contribution is 2.37. The quantitative estimate of drug-likeness (QED) is 0.452. The van der Waals surface area contributed by atoms with Crippen LogP contribution in [0.2, 0.25) is 0 Å². The van der Waals surface area contributed by atoms with Crippen molar-refractivity contribution < 1.29 is 23.9 Å². The van der Waals surface area contributed by atoms with Crippen molar-refractivity contribution in [1.82, 2.24) is 9.80 Å². The van der Waals surface area contributed by atoms with E-state index in [2.05, 4.69) is 0 Å². The zero-order chi connectivity index (χ0) is 19.3. The molecule has 0 unspecified atom stereocenters. The normalized spacial score (nSPS) is 26.1. The van der Waals surface area contributed by atoms with E-state index in [4.69, 9.17) is 9.47 Å². The van der Waals surface area contributed by atoms with Gasteiger partial charge in [-0.3, -0.25) is 19.3 Å². The van der Waals surface area contributed by atoms with Gasteiger partial charge in [0.2, 0.25) is 24.5 Å². The van der Waals surface area contributed by atoms with Gasteiger partial charge in [0.25, 0.3) is 0 Å². The molecule has 0 spiro atoms. The maximum atomic E-state index is 12.6. The topological polar surface area (TPSA) is 76.2 Å². The lowest BCUT2D eigenvalue weighted by Crippen LogP contribution is -2.62. The Morgan fingerprint density at radius 1 is 1.00 bits per heavy atom. The van der Waals surface area contributed by atoms with E-state index in [1.807, 2.05) is 30.4 Å². The number of rotatable bonds is 3. The second kappa shape index (κ2) is 6.51. The fourth-order valence-corrected chi connectivity index (χ4v) is 4.27. The van der Waals surface area contributed by atoms with E-state index in [1.165, 1.54) is 11.0 Å². The minimum atomic E-state index is -0.215. The first kappa shape index (κ1) is 17.0. The van der Waals surface area contributed by atoms with Crippen molar-refractivity contribution in [1.29, 1.82) is 0 Å². The summed E-state index contributed by atoms with van der Waals surface area (Å²) in [6.45, 7) is 1.01. The van der Waals surface area contributed by atoms with E-state index in [0.29, 0.717) is 37.4 Å². The minimum absolute atomic E-state index is 0.0765. The van der Waals surface area contributed by atoms with Crippen LogP contribution in [-0.2, 0) is 14.4 Å². The van der Waals surface area contributed by atoms with Gasteiger partial charge in [-0.1, -0.05) is 18.2 Å². The van der Waals surface area contributed by atoms with Gasteiger partial charge < -0.3 is 14.4 Å². The predicted octanol–water partition coefficient (Wildman–Crippen LogP) is 1.59. The SMILES string of the molecule is O=C(/C=C/c1ccc2c(c1)OCO2)N1CC(N2C(=O)[C@H]3CC=CC[C@@H]3C2=O)C1. The number of benzene rings is 1. The Kier molecular flexibility index (Phi) is 3.96. The summed E-state index contributed by atoms with van der Waals surface area (Å²) in [6.07, 6.45) is 8.47. The van der Waals surface area contributed by atoms with Crippen LogP contribution in [0.5, 0.6) is 11.5 Å². The number of hydrogen-bond acceptors (Lipinski definition) is 5. The van der Waals surface area contributed by atoms with Crippen LogP contribution < -0.4 is 9.47 Å². The largest absolute Gasteiger partial charge is 0.454 e. The van der Waals surface area contributed by atoms with E-state index in [1.54, 1.807) is 11.0 Å². The molecule has 7 nitrogen and oxygen atoms in total. The lowest BCUT2D eigenvalue weighted by Gasteiger charge is -2.42. The maximum absolute atomic E-state index is 12.6. The first-order valence-electron chi connectivity index (χ1n) is 9.50. The summed E-state index contributed by atoms with van der Waals surface area (Å²) in [5.41, 5.74) is 0.844. The van der Waals surface area contributed by atoms with E-state index in [0.717, 1.165) is 5.56 Å². The Balaban J connectivity index is 1.19. The second-order valence-electron chi connectivity index (χ2n) is 7.55. The number of ether oxygens (including phenoxy) is 2. The van der Waals surface area contributed by atoms with Crippen molar-refractivity contribution in [2.45, 2.75) is 18.9 Å². The van der Waals surface area contributed by atoms with Crippen LogP contribution in [0.1, 0.15) is 18.4 Å². The van der Waals surface area contributed by atoms with Gasteiger partial charge in [-0.15, -0.1) is 0 Å².